The normalized spacial score (nSPS) is 17.8. The summed E-state index contributed by atoms with van der Waals surface area (Å²) in [6, 6.07) is 0. The highest BCUT2D eigenvalue weighted by Gasteiger charge is 2.28. The molecule has 0 radical (unpaired) electrons. The summed E-state index contributed by atoms with van der Waals surface area (Å²) >= 11 is 0. The minimum Gasteiger partial charge on any atom is -0.313 e. The first-order valence-corrected chi connectivity index (χ1v) is 8.21. The van der Waals surface area contributed by atoms with Crippen LogP contribution in [-0.4, -0.2) is 64.1 Å². The molecule has 1 aliphatic rings. The third-order valence-electron chi connectivity index (χ3n) is 1.63. The molecule has 0 spiro atoms. The van der Waals surface area contributed by atoms with Gasteiger partial charge >= 0.3 is 0 Å². The first-order chi connectivity index (χ1) is 7.27. The third kappa shape index (κ3) is 25.8. The maximum atomic E-state index is 9.19. The first-order valence-electron chi connectivity index (χ1n) is 4.51. The highest BCUT2D eigenvalue weighted by atomic mass is 32.2. The molecular weight excluding hydrogens is 272 g/mol. The Bertz CT molecular complexity index is 347. The van der Waals surface area contributed by atoms with Gasteiger partial charge in [0.2, 0.25) is 0 Å². The fraction of sp³-hybridized carbons (Fsp3) is 1.00. The predicted octanol–water partition coefficient (Wildman–Crippen LogP) is -1.42. The van der Waals surface area contributed by atoms with Gasteiger partial charge in [0.1, 0.15) is 0 Å². The van der Waals surface area contributed by atoms with Crippen LogP contribution in [0.25, 0.3) is 0 Å². The molecule has 1 heterocycles. The van der Waals surface area contributed by atoms with E-state index in [1.54, 1.807) is 0 Å². The predicted molar refractivity (Wildman–Crippen MR) is 65.3 cm³/mol. The van der Waals surface area contributed by atoms with Crippen LogP contribution in [0.1, 0.15) is 6.92 Å². The SMILES string of the molecule is CNC1(C)CNC1.CS(=O)(=O)O.CS(=O)(=O)O. The van der Waals surface area contributed by atoms with Crippen molar-refractivity contribution in [3.05, 3.63) is 0 Å². The van der Waals surface area contributed by atoms with Crippen molar-refractivity contribution < 1.29 is 25.9 Å². The van der Waals surface area contributed by atoms with E-state index in [1.807, 2.05) is 7.05 Å². The summed E-state index contributed by atoms with van der Waals surface area (Å²) in [5.41, 5.74) is 0.403. The highest BCUT2D eigenvalue weighted by molar-refractivity contribution is 7.85. The average Bonchev–Trinajstić information content (AvgIpc) is 1.93. The molecule has 0 aromatic carbocycles. The smallest absolute Gasteiger partial charge is 0.261 e. The lowest BCUT2D eigenvalue weighted by molar-refractivity contribution is 0.256. The van der Waals surface area contributed by atoms with Crippen molar-refractivity contribution in [3.63, 3.8) is 0 Å². The number of likely N-dealkylation sites (N-methyl/N-ethyl adjacent to an activating group) is 1. The minimum absolute atomic E-state index is 0.403. The lowest BCUT2D eigenvalue weighted by atomic mass is 9.96. The Kier molecular flexibility index (Phi) is 8.12. The second-order valence-electron chi connectivity index (χ2n) is 3.88. The van der Waals surface area contributed by atoms with Crippen LogP contribution in [0, 0.1) is 0 Å². The van der Waals surface area contributed by atoms with Crippen molar-refractivity contribution in [1.29, 1.82) is 0 Å². The first kappa shape index (κ1) is 19.1. The molecule has 0 atom stereocenters. The molecule has 1 fully saturated rings. The molecule has 0 aliphatic carbocycles. The van der Waals surface area contributed by atoms with Crippen molar-refractivity contribution in [2.75, 3.05) is 32.6 Å². The lowest BCUT2D eigenvalue weighted by Gasteiger charge is -2.38. The van der Waals surface area contributed by atoms with Crippen LogP contribution in [0.2, 0.25) is 0 Å². The quantitative estimate of drug-likeness (QED) is 0.433. The molecule has 0 saturated carbocycles. The van der Waals surface area contributed by atoms with Gasteiger partial charge in [0, 0.05) is 18.6 Å². The molecule has 0 bridgehead atoms. The fourth-order valence-electron chi connectivity index (χ4n) is 0.677. The second kappa shape index (κ2) is 7.24. The Morgan fingerprint density at radius 1 is 1.06 bits per heavy atom. The molecule has 1 saturated heterocycles. The molecule has 17 heavy (non-hydrogen) atoms. The van der Waals surface area contributed by atoms with Crippen LogP contribution >= 0.6 is 0 Å². The van der Waals surface area contributed by atoms with Crippen LogP contribution in [0.5, 0.6) is 0 Å². The number of rotatable bonds is 1. The largest absolute Gasteiger partial charge is 0.313 e. The highest BCUT2D eigenvalue weighted by Crippen LogP contribution is 2.06. The summed E-state index contributed by atoms with van der Waals surface area (Å²) in [4.78, 5) is 0. The van der Waals surface area contributed by atoms with Crippen molar-refractivity contribution >= 4 is 20.2 Å². The Labute approximate surface area is 102 Å². The minimum atomic E-state index is -3.67. The molecule has 4 N–H and O–H groups in total. The van der Waals surface area contributed by atoms with Crippen LogP contribution in [0.4, 0.5) is 0 Å². The molecule has 1 aliphatic heterocycles. The topological polar surface area (TPSA) is 133 Å². The second-order valence-corrected chi connectivity index (χ2v) is 6.81. The van der Waals surface area contributed by atoms with Gasteiger partial charge in [-0.2, -0.15) is 16.8 Å². The van der Waals surface area contributed by atoms with E-state index in [-0.39, 0.29) is 0 Å². The Balaban J connectivity index is 0. The van der Waals surface area contributed by atoms with E-state index in [0.29, 0.717) is 18.1 Å². The number of hydrogen-bond acceptors (Lipinski definition) is 6. The van der Waals surface area contributed by atoms with Crippen molar-refractivity contribution in [1.82, 2.24) is 10.6 Å². The molecule has 0 aromatic heterocycles. The van der Waals surface area contributed by atoms with Crippen molar-refractivity contribution in [2.24, 2.45) is 0 Å². The van der Waals surface area contributed by atoms with Crippen molar-refractivity contribution in [3.8, 4) is 0 Å². The van der Waals surface area contributed by atoms with Gasteiger partial charge in [-0.05, 0) is 14.0 Å². The van der Waals surface area contributed by atoms with Gasteiger partial charge in [-0.1, -0.05) is 0 Å². The molecule has 106 valence electrons. The maximum absolute atomic E-state index is 9.19. The summed E-state index contributed by atoms with van der Waals surface area (Å²) in [7, 11) is -5.33. The molecular formula is C7H20N2O6S2. The van der Waals surface area contributed by atoms with Crippen molar-refractivity contribution in [2.45, 2.75) is 12.5 Å². The van der Waals surface area contributed by atoms with Crippen LogP contribution in [0.15, 0.2) is 0 Å². The molecule has 1 rings (SSSR count). The summed E-state index contributed by atoms with van der Waals surface area (Å²) in [6.07, 6.45) is 1.43. The molecule has 0 amide bonds. The summed E-state index contributed by atoms with van der Waals surface area (Å²) in [5.74, 6) is 0. The van der Waals surface area contributed by atoms with E-state index in [2.05, 4.69) is 17.6 Å². The van der Waals surface area contributed by atoms with E-state index >= 15 is 0 Å². The van der Waals surface area contributed by atoms with Gasteiger partial charge in [0.25, 0.3) is 20.2 Å². The Morgan fingerprint density at radius 3 is 1.29 bits per heavy atom. The van der Waals surface area contributed by atoms with E-state index in [0.717, 1.165) is 13.1 Å². The summed E-state index contributed by atoms with van der Waals surface area (Å²) in [6.45, 7) is 4.44. The van der Waals surface area contributed by atoms with E-state index < -0.39 is 20.2 Å². The summed E-state index contributed by atoms with van der Waals surface area (Å²) < 4.78 is 51.7. The Morgan fingerprint density at radius 2 is 1.29 bits per heavy atom. The fourth-order valence-corrected chi connectivity index (χ4v) is 0.677. The van der Waals surface area contributed by atoms with Gasteiger partial charge in [-0.25, -0.2) is 0 Å². The Hall–Kier alpha value is -0.260. The van der Waals surface area contributed by atoms with Crippen LogP contribution in [-0.2, 0) is 20.2 Å². The zero-order chi connectivity index (χ0) is 14.3. The zero-order valence-corrected chi connectivity index (χ0v) is 11.9. The van der Waals surface area contributed by atoms with Crippen LogP contribution < -0.4 is 10.6 Å². The monoisotopic (exact) mass is 292 g/mol. The number of hydrogen-bond donors (Lipinski definition) is 4. The number of nitrogens with one attached hydrogen (secondary N) is 2. The van der Waals surface area contributed by atoms with Gasteiger partial charge < -0.3 is 10.6 Å². The van der Waals surface area contributed by atoms with E-state index in [4.69, 9.17) is 9.11 Å². The van der Waals surface area contributed by atoms with Gasteiger partial charge in [0.05, 0.1) is 12.5 Å². The zero-order valence-electron chi connectivity index (χ0n) is 10.3. The molecule has 8 nitrogen and oxygen atoms in total. The van der Waals surface area contributed by atoms with Gasteiger partial charge in [-0.15, -0.1) is 0 Å². The van der Waals surface area contributed by atoms with Gasteiger partial charge in [0.15, 0.2) is 0 Å². The average molecular weight is 292 g/mol. The third-order valence-corrected chi connectivity index (χ3v) is 1.63. The standard InChI is InChI=1S/C5H12N2.2CH4O3S/c1-5(6-2)3-7-4-5;2*1-5(2,3)4/h6-7H,3-4H2,1-2H3;2*1H3,(H,2,3,4). The maximum Gasteiger partial charge on any atom is 0.261 e. The molecule has 10 heteroatoms. The van der Waals surface area contributed by atoms with E-state index in [9.17, 15) is 16.8 Å². The molecule has 0 aromatic rings. The van der Waals surface area contributed by atoms with Crippen LogP contribution in [0.3, 0.4) is 0 Å². The van der Waals surface area contributed by atoms with E-state index in [1.165, 1.54) is 0 Å². The lowest BCUT2D eigenvalue weighted by Crippen LogP contribution is -2.64. The summed E-state index contributed by atoms with van der Waals surface area (Å²) in [5, 5.41) is 6.41. The van der Waals surface area contributed by atoms with Gasteiger partial charge in [-0.3, -0.25) is 9.11 Å². The molecule has 0 unspecified atom stereocenters.